The fourth-order valence-electron chi connectivity index (χ4n) is 4.74. The number of ether oxygens (including phenoxy) is 1. The van der Waals surface area contributed by atoms with Gasteiger partial charge in [-0.15, -0.1) is 0 Å². The Balaban J connectivity index is 1.53. The number of rotatable bonds is 4. The van der Waals surface area contributed by atoms with Crippen LogP contribution in [0.5, 0.6) is 5.75 Å². The van der Waals surface area contributed by atoms with E-state index in [1.54, 1.807) is 29.2 Å². The molecule has 1 saturated heterocycles. The molecule has 0 saturated carbocycles. The van der Waals surface area contributed by atoms with E-state index in [1.165, 1.54) is 4.90 Å². The van der Waals surface area contributed by atoms with E-state index in [-0.39, 0.29) is 43.9 Å². The molecule has 0 aromatic heterocycles. The van der Waals surface area contributed by atoms with Gasteiger partial charge in [0.15, 0.2) is 0 Å². The summed E-state index contributed by atoms with van der Waals surface area (Å²) in [5.41, 5.74) is 1.41. The summed E-state index contributed by atoms with van der Waals surface area (Å²) in [5, 5.41) is 3.46. The van der Waals surface area contributed by atoms with E-state index in [0.29, 0.717) is 42.5 Å². The van der Waals surface area contributed by atoms with Crippen LogP contribution in [0.1, 0.15) is 28.3 Å². The molecule has 2 atom stereocenters. The van der Waals surface area contributed by atoms with Crippen molar-refractivity contribution >= 4 is 39.3 Å². The van der Waals surface area contributed by atoms with Crippen molar-refractivity contribution < 1.29 is 27.5 Å². The Morgan fingerprint density at radius 3 is 2.55 bits per heavy atom. The Morgan fingerprint density at radius 1 is 1.08 bits per heavy atom. The molecule has 2 aliphatic rings. The van der Waals surface area contributed by atoms with Crippen LogP contribution in [0, 0.1) is 5.92 Å². The first-order valence-electron chi connectivity index (χ1n) is 12.4. The van der Waals surface area contributed by atoms with Gasteiger partial charge in [-0.3, -0.25) is 14.4 Å². The molecule has 204 valence electrons. The highest BCUT2D eigenvalue weighted by atomic mass is 35.5. The van der Waals surface area contributed by atoms with Gasteiger partial charge in [-0.1, -0.05) is 23.7 Å². The van der Waals surface area contributed by atoms with E-state index >= 15 is 0 Å². The predicted molar refractivity (Wildman–Crippen MR) is 143 cm³/mol. The molecule has 3 amide bonds. The second kappa shape index (κ2) is 12.1. The molecular weight excluding hydrogens is 532 g/mol. The summed E-state index contributed by atoms with van der Waals surface area (Å²) >= 11 is 5.97. The van der Waals surface area contributed by atoms with Gasteiger partial charge in [0.2, 0.25) is 21.8 Å². The molecule has 4 rings (SSSR count). The number of amides is 3. The lowest BCUT2D eigenvalue weighted by molar-refractivity contribution is -0.131. The third-order valence-electron chi connectivity index (χ3n) is 6.68. The molecule has 0 spiro atoms. The quantitative estimate of drug-likeness (QED) is 0.581. The number of nitrogens with zero attached hydrogens (tertiary/aromatic N) is 2. The van der Waals surface area contributed by atoms with Crippen LogP contribution < -0.4 is 14.8 Å². The van der Waals surface area contributed by atoms with Crippen LogP contribution in [0.15, 0.2) is 48.5 Å². The molecule has 10 nitrogen and oxygen atoms in total. The van der Waals surface area contributed by atoms with Gasteiger partial charge in [0.25, 0.3) is 5.91 Å². The Kier molecular flexibility index (Phi) is 8.91. The molecule has 2 heterocycles. The fourth-order valence-corrected chi connectivity index (χ4v) is 5.25. The van der Waals surface area contributed by atoms with Gasteiger partial charge >= 0.3 is 0 Å². The van der Waals surface area contributed by atoms with Crippen LogP contribution in [0.2, 0.25) is 5.02 Å². The molecule has 2 bridgehead atoms. The van der Waals surface area contributed by atoms with Crippen LogP contribution in [-0.2, 0) is 19.6 Å². The van der Waals surface area contributed by atoms with E-state index in [1.807, 2.05) is 24.3 Å². The van der Waals surface area contributed by atoms with Gasteiger partial charge in [0.05, 0.1) is 25.3 Å². The number of hydrogen-bond acceptors (Lipinski definition) is 6. The van der Waals surface area contributed by atoms with Crippen LogP contribution in [0.3, 0.4) is 0 Å². The largest absolute Gasteiger partial charge is 0.494 e. The normalized spacial score (nSPS) is 20.6. The molecule has 0 unspecified atom stereocenters. The highest BCUT2D eigenvalue weighted by Crippen LogP contribution is 2.35. The Morgan fingerprint density at radius 2 is 1.82 bits per heavy atom. The summed E-state index contributed by atoms with van der Waals surface area (Å²) in [6.07, 6.45) is 1.52. The first-order chi connectivity index (χ1) is 18.1. The highest BCUT2D eigenvalue weighted by molar-refractivity contribution is 7.88. The van der Waals surface area contributed by atoms with Crippen LogP contribution in [-0.4, -0.2) is 88.1 Å². The Hall–Kier alpha value is -3.15. The maximum absolute atomic E-state index is 13.4. The minimum Gasteiger partial charge on any atom is -0.494 e. The SMILES string of the molecule is CS(=O)(=O)NCC(=O)N1CCCOc2cccc(c2)[C@H]2CN(C(=O)c3ccc(Cl)cc3)C[C@@H]2C(=O)NCC1. The number of likely N-dealkylation sites (tertiary alicyclic amines) is 1. The second-order valence-electron chi connectivity index (χ2n) is 9.47. The smallest absolute Gasteiger partial charge is 0.253 e. The third-order valence-corrected chi connectivity index (χ3v) is 7.60. The van der Waals surface area contributed by atoms with Crippen molar-refractivity contribution in [1.29, 1.82) is 0 Å². The van der Waals surface area contributed by atoms with Crippen molar-refractivity contribution in [1.82, 2.24) is 19.8 Å². The van der Waals surface area contributed by atoms with Crippen LogP contribution in [0.25, 0.3) is 0 Å². The van der Waals surface area contributed by atoms with E-state index in [4.69, 9.17) is 16.3 Å². The number of benzene rings is 2. The maximum Gasteiger partial charge on any atom is 0.253 e. The highest BCUT2D eigenvalue weighted by Gasteiger charge is 2.40. The minimum absolute atomic E-state index is 0.178. The maximum atomic E-state index is 13.4. The summed E-state index contributed by atoms with van der Waals surface area (Å²) in [7, 11) is -3.52. The van der Waals surface area contributed by atoms with Crippen molar-refractivity contribution in [3.8, 4) is 5.75 Å². The summed E-state index contributed by atoms with van der Waals surface area (Å²) in [4.78, 5) is 42.4. The van der Waals surface area contributed by atoms with Crippen molar-refractivity contribution in [3.05, 3.63) is 64.7 Å². The van der Waals surface area contributed by atoms with Crippen LogP contribution in [0.4, 0.5) is 0 Å². The molecular formula is C26H31ClN4O6S. The molecule has 12 heteroatoms. The monoisotopic (exact) mass is 562 g/mol. The Labute approximate surface area is 227 Å². The molecule has 2 aromatic rings. The number of fused-ring (bicyclic) bond motifs is 4. The average molecular weight is 563 g/mol. The van der Waals surface area contributed by atoms with Crippen molar-refractivity contribution in [3.63, 3.8) is 0 Å². The number of halogens is 1. The Bertz CT molecular complexity index is 1290. The molecule has 1 fully saturated rings. The lowest BCUT2D eigenvalue weighted by Gasteiger charge is -2.25. The van der Waals surface area contributed by atoms with E-state index in [0.717, 1.165) is 11.8 Å². The van der Waals surface area contributed by atoms with E-state index < -0.39 is 21.8 Å². The summed E-state index contributed by atoms with van der Waals surface area (Å²) in [6, 6.07) is 14.2. The average Bonchev–Trinajstić information content (AvgIpc) is 3.34. The number of hydrogen-bond donors (Lipinski definition) is 2. The van der Waals surface area contributed by atoms with Crippen molar-refractivity contribution in [2.24, 2.45) is 5.92 Å². The minimum atomic E-state index is -3.52. The second-order valence-corrected chi connectivity index (χ2v) is 11.7. The number of sulfonamides is 1. The zero-order chi connectivity index (χ0) is 27.3. The molecule has 2 aliphatic heterocycles. The molecule has 2 aromatic carbocycles. The lowest BCUT2D eigenvalue weighted by Crippen LogP contribution is -2.45. The van der Waals surface area contributed by atoms with Gasteiger partial charge in [0.1, 0.15) is 5.75 Å². The zero-order valence-corrected chi connectivity index (χ0v) is 22.6. The number of nitrogens with one attached hydrogen (secondary N) is 2. The standard InChI is InChI=1S/C26H31ClN4O6S/c1-38(35,36)29-15-24(32)30-11-3-13-37-21-5-2-4-19(14-21)22-16-31(17-23(22)25(33)28-10-12-30)26(34)18-6-8-20(27)9-7-18/h2,4-9,14,22-23,29H,3,10-13,15-17H2,1H3,(H,28,33)/t22-,23+/m1/s1. The topological polar surface area (TPSA) is 125 Å². The fraction of sp³-hybridized carbons (Fsp3) is 0.423. The summed E-state index contributed by atoms with van der Waals surface area (Å²) < 4.78 is 31.0. The van der Waals surface area contributed by atoms with E-state index in [9.17, 15) is 22.8 Å². The van der Waals surface area contributed by atoms with Gasteiger partial charge in [-0.05, 0) is 48.4 Å². The molecule has 0 radical (unpaired) electrons. The summed E-state index contributed by atoms with van der Waals surface area (Å²) in [6.45, 7) is 1.35. The van der Waals surface area contributed by atoms with Gasteiger partial charge in [-0.25, -0.2) is 13.1 Å². The molecule has 38 heavy (non-hydrogen) atoms. The van der Waals surface area contributed by atoms with E-state index in [2.05, 4.69) is 10.0 Å². The summed E-state index contributed by atoms with van der Waals surface area (Å²) in [5.74, 6) is -0.890. The van der Waals surface area contributed by atoms with Gasteiger partial charge in [0, 0.05) is 49.2 Å². The predicted octanol–water partition coefficient (Wildman–Crippen LogP) is 1.47. The van der Waals surface area contributed by atoms with Gasteiger partial charge < -0.3 is 19.9 Å². The first-order valence-corrected chi connectivity index (χ1v) is 14.7. The zero-order valence-electron chi connectivity index (χ0n) is 21.1. The molecule has 0 aliphatic carbocycles. The van der Waals surface area contributed by atoms with Gasteiger partial charge in [-0.2, -0.15) is 0 Å². The molecule has 2 N–H and O–H groups in total. The first kappa shape index (κ1) is 27.9. The lowest BCUT2D eigenvalue weighted by atomic mass is 9.88. The van der Waals surface area contributed by atoms with Crippen LogP contribution >= 0.6 is 11.6 Å². The number of carbonyl (C=O) groups excluding carboxylic acids is 3. The third kappa shape index (κ3) is 7.24. The number of carbonyl (C=O) groups is 3. The van der Waals surface area contributed by atoms with Crippen molar-refractivity contribution in [2.45, 2.75) is 12.3 Å². The van der Waals surface area contributed by atoms with Crippen molar-refractivity contribution in [2.75, 3.05) is 52.1 Å².